The Morgan fingerprint density at radius 1 is 1.22 bits per heavy atom. The summed E-state index contributed by atoms with van der Waals surface area (Å²) in [5.74, 6) is 0.889. The summed E-state index contributed by atoms with van der Waals surface area (Å²) in [5.41, 5.74) is 0. The molecule has 1 aromatic heterocycles. The maximum atomic E-state index is 12.0. The van der Waals surface area contributed by atoms with Crippen molar-refractivity contribution < 1.29 is 14.1 Å². The van der Waals surface area contributed by atoms with Crippen molar-refractivity contribution in [3.05, 3.63) is 11.7 Å². The summed E-state index contributed by atoms with van der Waals surface area (Å²) >= 11 is 0. The fraction of sp³-hybridized carbons (Fsp3) is 0.636. The zero-order valence-corrected chi connectivity index (χ0v) is 10.5. The molecule has 0 N–H and O–H groups in total. The molecule has 0 saturated carbocycles. The highest BCUT2D eigenvalue weighted by atomic mass is 16.5. The lowest BCUT2D eigenvalue weighted by molar-refractivity contribution is -0.138. The van der Waals surface area contributed by atoms with E-state index in [9.17, 15) is 9.59 Å². The lowest BCUT2D eigenvalue weighted by Crippen LogP contribution is -2.50. The first-order valence-corrected chi connectivity index (χ1v) is 5.88. The van der Waals surface area contributed by atoms with Gasteiger partial charge >= 0.3 is 0 Å². The van der Waals surface area contributed by atoms with Gasteiger partial charge in [-0.25, -0.2) is 0 Å². The van der Waals surface area contributed by atoms with E-state index in [4.69, 9.17) is 4.52 Å². The number of piperazine rings is 1. The normalized spacial score (nSPS) is 15.9. The molecule has 1 aliphatic rings. The molecule has 1 saturated heterocycles. The average molecular weight is 252 g/mol. The lowest BCUT2D eigenvalue weighted by Gasteiger charge is -2.34. The lowest BCUT2D eigenvalue weighted by atomic mass is 10.2. The van der Waals surface area contributed by atoms with E-state index in [-0.39, 0.29) is 18.2 Å². The summed E-state index contributed by atoms with van der Waals surface area (Å²) < 4.78 is 4.82. The van der Waals surface area contributed by atoms with Gasteiger partial charge < -0.3 is 14.3 Å². The molecule has 18 heavy (non-hydrogen) atoms. The first-order chi connectivity index (χ1) is 8.56. The van der Waals surface area contributed by atoms with Gasteiger partial charge in [0.1, 0.15) is 0 Å². The minimum Gasteiger partial charge on any atom is -0.340 e. The summed E-state index contributed by atoms with van der Waals surface area (Å²) in [7, 11) is 0. The molecule has 0 aromatic carbocycles. The molecule has 7 heteroatoms. The van der Waals surface area contributed by atoms with Crippen LogP contribution in [0, 0.1) is 6.92 Å². The van der Waals surface area contributed by atoms with Gasteiger partial charge in [-0.3, -0.25) is 9.59 Å². The van der Waals surface area contributed by atoms with Crippen LogP contribution in [0.2, 0.25) is 0 Å². The highest BCUT2D eigenvalue weighted by molar-refractivity contribution is 5.78. The number of carbonyl (C=O) groups is 2. The fourth-order valence-electron chi connectivity index (χ4n) is 1.93. The molecule has 98 valence electrons. The number of aryl methyl sites for hydroxylation is 1. The van der Waals surface area contributed by atoms with Gasteiger partial charge in [0, 0.05) is 40.0 Å². The van der Waals surface area contributed by atoms with E-state index in [0.29, 0.717) is 37.9 Å². The maximum Gasteiger partial charge on any atom is 0.230 e. The molecule has 1 fully saturated rings. The van der Waals surface area contributed by atoms with Crippen LogP contribution in [0.5, 0.6) is 0 Å². The third kappa shape index (κ3) is 2.85. The van der Waals surface area contributed by atoms with E-state index in [2.05, 4.69) is 10.1 Å². The first-order valence-electron chi connectivity index (χ1n) is 5.88. The van der Waals surface area contributed by atoms with Gasteiger partial charge in [-0.1, -0.05) is 5.16 Å². The number of hydrogen-bond acceptors (Lipinski definition) is 5. The van der Waals surface area contributed by atoms with Crippen molar-refractivity contribution in [1.29, 1.82) is 0 Å². The highest BCUT2D eigenvalue weighted by Crippen LogP contribution is 2.05. The van der Waals surface area contributed by atoms with Crippen LogP contribution in [-0.2, 0) is 16.0 Å². The van der Waals surface area contributed by atoms with Crippen LogP contribution in [0.25, 0.3) is 0 Å². The van der Waals surface area contributed by atoms with Crippen LogP contribution in [0.1, 0.15) is 18.6 Å². The molecule has 2 rings (SSSR count). The molecule has 2 amide bonds. The van der Waals surface area contributed by atoms with Crippen molar-refractivity contribution in [1.82, 2.24) is 19.9 Å². The van der Waals surface area contributed by atoms with Gasteiger partial charge in [0.2, 0.25) is 17.7 Å². The summed E-state index contributed by atoms with van der Waals surface area (Å²) in [6.45, 7) is 5.54. The number of nitrogens with zero attached hydrogens (tertiary/aromatic N) is 4. The number of carbonyl (C=O) groups excluding carboxylic acids is 2. The molecule has 0 spiro atoms. The minimum atomic E-state index is -0.0287. The van der Waals surface area contributed by atoms with Crippen LogP contribution < -0.4 is 0 Å². The maximum absolute atomic E-state index is 12.0. The smallest absolute Gasteiger partial charge is 0.230 e. The molecule has 1 aliphatic heterocycles. The topological polar surface area (TPSA) is 79.5 Å². The minimum absolute atomic E-state index is 0.0287. The van der Waals surface area contributed by atoms with E-state index in [1.807, 2.05) is 0 Å². The van der Waals surface area contributed by atoms with Gasteiger partial charge in [0.05, 0.1) is 6.42 Å². The first kappa shape index (κ1) is 12.5. The Hall–Kier alpha value is -1.92. The van der Waals surface area contributed by atoms with Crippen molar-refractivity contribution >= 4 is 11.8 Å². The third-order valence-corrected chi connectivity index (χ3v) is 2.96. The van der Waals surface area contributed by atoms with Gasteiger partial charge in [0.15, 0.2) is 5.82 Å². The van der Waals surface area contributed by atoms with E-state index >= 15 is 0 Å². The summed E-state index contributed by atoms with van der Waals surface area (Å²) in [6, 6.07) is 0. The van der Waals surface area contributed by atoms with Crippen molar-refractivity contribution in [3.63, 3.8) is 0 Å². The van der Waals surface area contributed by atoms with Gasteiger partial charge in [-0.05, 0) is 0 Å². The average Bonchev–Trinajstić information content (AvgIpc) is 2.75. The van der Waals surface area contributed by atoms with Crippen molar-refractivity contribution in [3.8, 4) is 0 Å². The molecule has 0 atom stereocenters. The standard InChI is InChI=1S/C11H16N4O3/c1-8-12-10(13-18-8)7-11(17)15-5-3-14(4-6-15)9(2)16/h3-7H2,1-2H3. The van der Waals surface area contributed by atoms with E-state index in [1.54, 1.807) is 23.6 Å². The van der Waals surface area contributed by atoms with Crippen molar-refractivity contribution in [2.75, 3.05) is 26.2 Å². The fourth-order valence-corrected chi connectivity index (χ4v) is 1.93. The molecule has 7 nitrogen and oxygen atoms in total. The molecular weight excluding hydrogens is 236 g/mol. The molecule has 0 radical (unpaired) electrons. The second-order valence-corrected chi connectivity index (χ2v) is 4.29. The van der Waals surface area contributed by atoms with Crippen LogP contribution in [0.15, 0.2) is 4.52 Å². The zero-order valence-electron chi connectivity index (χ0n) is 10.5. The second-order valence-electron chi connectivity index (χ2n) is 4.29. The Labute approximate surface area is 105 Å². The Morgan fingerprint density at radius 3 is 2.33 bits per heavy atom. The predicted molar refractivity (Wildman–Crippen MR) is 61.6 cm³/mol. The number of aromatic nitrogens is 2. The zero-order chi connectivity index (χ0) is 13.1. The number of hydrogen-bond donors (Lipinski definition) is 0. The van der Waals surface area contributed by atoms with Crippen LogP contribution in [0.3, 0.4) is 0 Å². The molecule has 0 unspecified atom stereocenters. The van der Waals surface area contributed by atoms with Crippen LogP contribution >= 0.6 is 0 Å². The quantitative estimate of drug-likeness (QED) is 0.716. The monoisotopic (exact) mass is 252 g/mol. The molecule has 0 bridgehead atoms. The Kier molecular flexibility index (Phi) is 3.59. The summed E-state index contributed by atoms with van der Waals surface area (Å²) in [4.78, 5) is 30.6. The third-order valence-electron chi connectivity index (χ3n) is 2.96. The Balaban J connectivity index is 1.86. The number of amides is 2. The Morgan fingerprint density at radius 2 is 1.83 bits per heavy atom. The van der Waals surface area contributed by atoms with Gasteiger partial charge in [-0.15, -0.1) is 0 Å². The predicted octanol–water partition coefficient (Wildman–Crippen LogP) is -0.389. The van der Waals surface area contributed by atoms with Crippen LogP contribution in [-0.4, -0.2) is 57.9 Å². The molecule has 1 aromatic rings. The van der Waals surface area contributed by atoms with Crippen LogP contribution in [0.4, 0.5) is 0 Å². The largest absolute Gasteiger partial charge is 0.340 e. The van der Waals surface area contributed by atoms with E-state index < -0.39 is 0 Å². The summed E-state index contributed by atoms with van der Waals surface area (Å²) in [6.07, 6.45) is 0.150. The van der Waals surface area contributed by atoms with E-state index in [1.165, 1.54) is 0 Å². The summed E-state index contributed by atoms with van der Waals surface area (Å²) in [5, 5.41) is 3.70. The van der Waals surface area contributed by atoms with E-state index in [0.717, 1.165) is 0 Å². The van der Waals surface area contributed by atoms with Crippen molar-refractivity contribution in [2.45, 2.75) is 20.3 Å². The highest BCUT2D eigenvalue weighted by Gasteiger charge is 2.23. The number of rotatable bonds is 2. The second kappa shape index (κ2) is 5.16. The van der Waals surface area contributed by atoms with Crippen molar-refractivity contribution in [2.24, 2.45) is 0 Å². The Bertz CT molecular complexity index is 449. The SMILES string of the molecule is CC(=O)N1CCN(C(=O)Cc2noc(C)n2)CC1. The van der Waals surface area contributed by atoms with Gasteiger partial charge in [0.25, 0.3) is 0 Å². The molecular formula is C11H16N4O3. The van der Waals surface area contributed by atoms with Gasteiger partial charge in [-0.2, -0.15) is 4.98 Å². The molecule has 2 heterocycles. The molecule has 0 aliphatic carbocycles.